The Balaban J connectivity index is 2.01. The van der Waals surface area contributed by atoms with Crippen molar-refractivity contribution in [1.29, 1.82) is 0 Å². The van der Waals surface area contributed by atoms with Crippen molar-refractivity contribution in [2.75, 3.05) is 25.6 Å². The first kappa shape index (κ1) is 11.9. The monoisotopic (exact) mass is 236 g/mol. The molecule has 5 heteroatoms. The quantitative estimate of drug-likeness (QED) is 0.800. The number of benzene rings is 1. The van der Waals surface area contributed by atoms with Crippen LogP contribution in [0.2, 0.25) is 0 Å². The average Bonchev–Trinajstić information content (AvgIpc) is 2.76. The Morgan fingerprint density at radius 3 is 3.24 bits per heavy atom. The molecule has 0 aliphatic carbocycles. The molecule has 1 aliphatic rings. The van der Waals surface area contributed by atoms with Gasteiger partial charge in [0.05, 0.1) is 13.2 Å². The van der Waals surface area contributed by atoms with Crippen LogP contribution in [0.4, 0.5) is 5.69 Å². The summed E-state index contributed by atoms with van der Waals surface area (Å²) in [5.41, 5.74) is 7.48. The van der Waals surface area contributed by atoms with Gasteiger partial charge in [-0.2, -0.15) is 0 Å². The van der Waals surface area contributed by atoms with Crippen LogP contribution in [0.3, 0.4) is 0 Å². The van der Waals surface area contributed by atoms with Crippen LogP contribution in [0.1, 0.15) is 5.56 Å². The molecule has 0 bridgehead atoms. The van der Waals surface area contributed by atoms with Gasteiger partial charge in [-0.3, -0.25) is 4.79 Å². The maximum absolute atomic E-state index is 11.7. The van der Waals surface area contributed by atoms with Gasteiger partial charge < -0.3 is 20.5 Å². The molecular weight excluding hydrogens is 220 g/mol. The maximum Gasteiger partial charge on any atom is 0.243 e. The summed E-state index contributed by atoms with van der Waals surface area (Å²) < 4.78 is 10.2. The number of amides is 1. The lowest BCUT2D eigenvalue weighted by Gasteiger charge is -2.11. The second-order valence-corrected chi connectivity index (χ2v) is 3.97. The van der Waals surface area contributed by atoms with E-state index in [1.165, 1.54) is 7.11 Å². The van der Waals surface area contributed by atoms with Crippen molar-refractivity contribution in [1.82, 2.24) is 0 Å². The minimum Gasteiger partial charge on any atom is -0.493 e. The normalized spacial score (nSPS) is 14.9. The summed E-state index contributed by atoms with van der Waals surface area (Å²) in [4.78, 5) is 11.7. The molecule has 1 aliphatic heterocycles. The minimum absolute atomic E-state index is 0.208. The molecule has 92 valence electrons. The molecule has 1 amide bonds. The number of methoxy groups -OCH3 is 1. The predicted molar refractivity (Wildman–Crippen MR) is 64.1 cm³/mol. The molecule has 2 rings (SSSR count). The van der Waals surface area contributed by atoms with Crippen LogP contribution < -0.4 is 15.8 Å². The zero-order valence-corrected chi connectivity index (χ0v) is 9.73. The number of carbonyl (C=O) groups is 1. The van der Waals surface area contributed by atoms with E-state index in [4.69, 9.17) is 15.2 Å². The van der Waals surface area contributed by atoms with E-state index in [1.807, 2.05) is 18.2 Å². The topological polar surface area (TPSA) is 73.6 Å². The summed E-state index contributed by atoms with van der Waals surface area (Å²) in [6.45, 7) is 0.913. The van der Waals surface area contributed by atoms with Crippen LogP contribution in [-0.2, 0) is 16.0 Å². The second kappa shape index (κ2) is 5.16. The molecule has 1 aromatic carbocycles. The third-order valence-corrected chi connectivity index (χ3v) is 2.64. The highest BCUT2D eigenvalue weighted by Crippen LogP contribution is 2.27. The fourth-order valence-electron chi connectivity index (χ4n) is 1.75. The van der Waals surface area contributed by atoms with Gasteiger partial charge in [0.15, 0.2) is 0 Å². The van der Waals surface area contributed by atoms with Gasteiger partial charge in [0.2, 0.25) is 5.91 Å². The van der Waals surface area contributed by atoms with Crippen molar-refractivity contribution in [3.63, 3.8) is 0 Å². The highest BCUT2D eigenvalue weighted by molar-refractivity contribution is 5.94. The van der Waals surface area contributed by atoms with E-state index in [0.717, 1.165) is 23.4 Å². The zero-order valence-electron chi connectivity index (χ0n) is 9.73. The number of fused-ring (bicyclic) bond motifs is 1. The summed E-state index contributed by atoms with van der Waals surface area (Å²) >= 11 is 0. The number of anilines is 1. The summed E-state index contributed by atoms with van der Waals surface area (Å²) in [5.74, 6) is 0.648. The molecule has 1 atom stereocenters. The van der Waals surface area contributed by atoms with Gasteiger partial charge in [0.25, 0.3) is 0 Å². The molecule has 0 saturated heterocycles. The molecule has 1 aromatic rings. The Morgan fingerprint density at radius 1 is 1.65 bits per heavy atom. The molecular formula is C12H16N2O3. The highest BCUT2D eigenvalue weighted by Gasteiger charge is 2.16. The zero-order chi connectivity index (χ0) is 12.3. The number of ether oxygens (including phenoxy) is 2. The molecule has 5 nitrogen and oxygen atoms in total. The lowest BCUT2D eigenvalue weighted by Crippen LogP contribution is -2.39. The Labute approximate surface area is 99.9 Å². The van der Waals surface area contributed by atoms with E-state index in [-0.39, 0.29) is 12.5 Å². The minimum atomic E-state index is -0.649. The fraction of sp³-hybridized carbons (Fsp3) is 0.417. The molecule has 0 spiro atoms. The van der Waals surface area contributed by atoms with Crippen LogP contribution in [0, 0.1) is 0 Å². The smallest absolute Gasteiger partial charge is 0.243 e. The van der Waals surface area contributed by atoms with Crippen molar-refractivity contribution in [2.24, 2.45) is 5.73 Å². The Kier molecular flexibility index (Phi) is 3.61. The summed E-state index contributed by atoms with van der Waals surface area (Å²) in [7, 11) is 1.51. The van der Waals surface area contributed by atoms with E-state index < -0.39 is 6.04 Å². The van der Waals surface area contributed by atoms with Gasteiger partial charge in [0, 0.05) is 19.2 Å². The first-order chi connectivity index (χ1) is 8.20. The predicted octanol–water partition coefficient (Wildman–Crippen LogP) is 0.534. The van der Waals surface area contributed by atoms with Crippen LogP contribution >= 0.6 is 0 Å². The number of rotatable bonds is 4. The first-order valence-corrected chi connectivity index (χ1v) is 5.52. The second-order valence-electron chi connectivity index (χ2n) is 3.97. The first-order valence-electron chi connectivity index (χ1n) is 5.52. The van der Waals surface area contributed by atoms with E-state index in [1.54, 1.807) is 0 Å². The third-order valence-electron chi connectivity index (χ3n) is 2.64. The van der Waals surface area contributed by atoms with Crippen molar-refractivity contribution in [2.45, 2.75) is 12.5 Å². The number of nitrogens with one attached hydrogen (secondary N) is 1. The van der Waals surface area contributed by atoms with Gasteiger partial charge in [-0.1, -0.05) is 0 Å². The number of hydrogen-bond acceptors (Lipinski definition) is 4. The van der Waals surface area contributed by atoms with E-state index >= 15 is 0 Å². The van der Waals surface area contributed by atoms with Gasteiger partial charge in [-0.15, -0.1) is 0 Å². The molecule has 0 fully saturated rings. The van der Waals surface area contributed by atoms with Crippen LogP contribution in [-0.4, -0.2) is 32.3 Å². The van der Waals surface area contributed by atoms with E-state index in [0.29, 0.717) is 6.61 Å². The van der Waals surface area contributed by atoms with E-state index in [2.05, 4.69) is 5.32 Å². The van der Waals surface area contributed by atoms with Crippen molar-refractivity contribution >= 4 is 11.6 Å². The molecule has 3 N–H and O–H groups in total. The molecule has 17 heavy (non-hydrogen) atoms. The summed E-state index contributed by atoms with van der Waals surface area (Å²) in [5, 5.41) is 2.76. The fourth-order valence-corrected chi connectivity index (χ4v) is 1.75. The van der Waals surface area contributed by atoms with Gasteiger partial charge in [-0.05, 0) is 23.8 Å². The molecule has 1 unspecified atom stereocenters. The van der Waals surface area contributed by atoms with Crippen molar-refractivity contribution in [3.8, 4) is 5.75 Å². The molecule has 0 radical (unpaired) electrons. The van der Waals surface area contributed by atoms with Crippen molar-refractivity contribution in [3.05, 3.63) is 23.8 Å². The lowest BCUT2D eigenvalue weighted by molar-refractivity contribution is -0.118. The Bertz CT molecular complexity index is 420. The largest absolute Gasteiger partial charge is 0.493 e. The summed E-state index contributed by atoms with van der Waals surface area (Å²) in [6.07, 6.45) is 0.878. The SMILES string of the molecule is COCC(N)C(=O)Nc1ccc2c(c1)CCO2. The number of nitrogens with two attached hydrogens (primary N) is 1. The summed E-state index contributed by atoms with van der Waals surface area (Å²) in [6, 6.07) is 4.94. The Morgan fingerprint density at radius 2 is 2.47 bits per heavy atom. The van der Waals surface area contributed by atoms with Crippen LogP contribution in [0.5, 0.6) is 5.75 Å². The molecule has 0 aromatic heterocycles. The van der Waals surface area contributed by atoms with Gasteiger partial charge in [0.1, 0.15) is 11.8 Å². The molecule has 0 saturated carbocycles. The third kappa shape index (κ3) is 2.75. The van der Waals surface area contributed by atoms with Crippen molar-refractivity contribution < 1.29 is 14.3 Å². The number of carbonyl (C=O) groups excluding carboxylic acids is 1. The van der Waals surface area contributed by atoms with Crippen LogP contribution in [0.25, 0.3) is 0 Å². The van der Waals surface area contributed by atoms with Gasteiger partial charge in [-0.25, -0.2) is 0 Å². The highest BCUT2D eigenvalue weighted by atomic mass is 16.5. The number of hydrogen-bond donors (Lipinski definition) is 2. The lowest BCUT2D eigenvalue weighted by atomic mass is 10.1. The van der Waals surface area contributed by atoms with Crippen LogP contribution in [0.15, 0.2) is 18.2 Å². The van der Waals surface area contributed by atoms with Gasteiger partial charge >= 0.3 is 0 Å². The Hall–Kier alpha value is -1.59. The standard InChI is InChI=1S/C12H16N2O3/c1-16-7-10(13)12(15)14-9-2-3-11-8(6-9)4-5-17-11/h2-3,6,10H,4-5,7,13H2,1H3,(H,14,15). The van der Waals surface area contributed by atoms with E-state index in [9.17, 15) is 4.79 Å². The average molecular weight is 236 g/mol. The maximum atomic E-state index is 11.7. The molecule has 1 heterocycles.